The summed E-state index contributed by atoms with van der Waals surface area (Å²) in [5, 5.41) is 8.20. The van der Waals surface area contributed by atoms with E-state index in [1.807, 2.05) is 6.07 Å². The Hall–Kier alpha value is -0.880. The van der Waals surface area contributed by atoms with E-state index in [1.165, 1.54) is 6.08 Å². The lowest BCUT2D eigenvalue weighted by molar-refractivity contribution is 0.0672. The molecule has 0 radical (unpaired) electrons. The Bertz CT molecular complexity index is 183. The summed E-state index contributed by atoms with van der Waals surface area (Å²) < 4.78 is 17.5. The summed E-state index contributed by atoms with van der Waals surface area (Å²) in [5.41, 5.74) is 0.564. The third-order valence-electron chi connectivity index (χ3n) is 1.45. The Labute approximate surface area is 58.9 Å². The molecule has 0 amide bonds. The Kier molecular flexibility index (Phi) is 2.41. The van der Waals surface area contributed by atoms with E-state index >= 15 is 0 Å². The fraction of sp³-hybridized carbons (Fsp3) is 0.571. The van der Waals surface area contributed by atoms with Crippen LogP contribution in [0.15, 0.2) is 11.6 Å². The highest BCUT2D eigenvalue weighted by atomic mass is 19.1. The van der Waals surface area contributed by atoms with Gasteiger partial charge in [0.1, 0.15) is 6.17 Å². The topological polar surface area (TPSA) is 33.0 Å². The van der Waals surface area contributed by atoms with Crippen LogP contribution < -0.4 is 0 Å². The highest BCUT2D eigenvalue weighted by Crippen LogP contribution is 2.16. The minimum Gasteiger partial charge on any atom is -0.378 e. The first-order chi connectivity index (χ1) is 4.84. The van der Waals surface area contributed by atoms with Gasteiger partial charge in [-0.1, -0.05) is 0 Å². The first-order valence-electron chi connectivity index (χ1n) is 3.15. The molecule has 3 heteroatoms. The maximum Gasteiger partial charge on any atom is 0.145 e. The van der Waals surface area contributed by atoms with Crippen LogP contribution in [0.1, 0.15) is 6.42 Å². The first-order valence-corrected chi connectivity index (χ1v) is 3.15. The van der Waals surface area contributed by atoms with Gasteiger partial charge in [0.2, 0.25) is 0 Å². The third kappa shape index (κ3) is 1.55. The minimum absolute atomic E-state index is 0.105. The maximum atomic E-state index is 12.7. The number of hydrogen-bond donors (Lipinski definition) is 0. The lowest BCUT2D eigenvalue weighted by atomic mass is 10.1. The summed E-state index contributed by atoms with van der Waals surface area (Å²) in [6.07, 6.45) is 0.760. The molecule has 1 atom stereocenters. The fourth-order valence-electron chi connectivity index (χ4n) is 0.886. The summed E-state index contributed by atoms with van der Waals surface area (Å²) in [6.45, 7) is 0.640. The van der Waals surface area contributed by atoms with Crippen molar-refractivity contribution in [1.29, 1.82) is 5.26 Å². The predicted molar refractivity (Wildman–Crippen MR) is 34.0 cm³/mol. The predicted octanol–water partition coefficient (Wildman–Crippen LogP) is 1.19. The average Bonchev–Trinajstić information content (AvgIpc) is 1.94. The molecule has 0 saturated carbocycles. The van der Waals surface area contributed by atoms with Crippen LogP contribution in [-0.4, -0.2) is 19.4 Å². The molecule has 1 fully saturated rings. The number of allylic oxidation sites excluding steroid dienone is 1. The molecule has 1 aliphatic heterocycles. The number of rotatable bonds is 0. The number of hydrogen-bond acceptors (Lipinski definition) is 2. The molecule has 0 spiro atoms. The van der Waals surface area contributed by atoms with Crippen LogP contribution >= 0.6 is 0 Å². The summed E-state index contributed by atoms with van der Waals surface area (Å²) in [6, 6.07) is 1.81. The van der Waals surface area contributed by atoms with E-state index in [4.69, 9.17) is 10.00 Å². The Morgan fingerprint density at radius 2 is 2.60 bits per heavy atom. The summed E-state index contributed by atoms with van der Waals surface area (Å²) in [7, 11) is 0. The molecular formula is C7H8FNO. The molecule has 2 nitrogen and oxygen atoms in total. The van der Waals surface area contributed by atoms with Gasteiger partial charge in [0.05, 0.1) is 19.3 Å². The molecule has 1 rings (SSSR count). The van der Waals surface area contributed by atoms with Crippen molar-refractivity contribution >= 4 is 0 Å². The van der Waals surface area contributed by atoms with Gasteiger partial charge < -0.3 is 4.74 Å². The van der Waals surface area contributed by atoms with Crippen LogP contribution in [0.5, 0.6) is 0 Å². The molecule has 1 saturated heterocycles. The molecule has 1 aliphatic rings. The SMILES string of the molecule is N#C/C=C1\CCOCC1F. The lowest BCUT2D eigenvalue weighted by Gasteiger charge is -2.17. The van der Waals surface area contributed by atoms with E-state index in [1.54, 1.807) is 0 Å². The zero-order chi connectivity index (χ0) is 7.40. The summed E-state index contributed by atoms with van der Waals surface area (Å²) in [5.74, 6) is 0. The van der Waals surface area contributed by atoms with Crippen molar-refractivity contribution in [2.24, 2.45) is 0 Å². The molecule has 10 heavy (non-hydrogen) atoms. The summed E-state index contributed by atoms with van der Waals surface area (Å²) in [4.78, 5) is 0. The van der Waals surface area contributed by atoms with Gasteiger partial charge in [-0.25, -0.2) is 4.39 Å². The van der Waals surface area contributed by atoms with Gasteiger partial charge in [0.15, 0.2) is 0 Å². The molecular weight excluding hydrogens is 133 g/mol. The van der Waals surface area contributed by atoms with Gasteiger partial charge in [-0.3, -0.25) is 0 Å². The molecule has 0 aromatic heterocycles. The van der Waals surface area contributed by atoms with Gasteiger partial charge in [-0.05, 0) is 12.0 Å². The van der Waals surface area contributed by atoms with E-state index in [9.17, 15) is 4.39 Å². The minimum atomic E-state index is -1.06. The average molecular weight is 141 g/mol. The standard InChI is InChI=1S/C7H8FNO/c8-7-5-10-4-2-6(7)1-3-9/h1,7H,2,4-5H2/b6-1+. The zero-order valence-corrected chi connectivity index (χ0v) is 5.51. The van der Waals surface area contributed by atoms with Crippen LogP contribution in [0.25, 0.3) is 0 Å². The molecule has 1 unspecified atom stereocenters. The van der Waals surface area contributed by atoms with Crippen LogP contribution in [-0.2, 0) is 4.74 Å². The number of nitrogens with zero attached hydrogens (tertiary/aromatic N) is 1. The van der Waals surface area contributed by atoms with Crippen LogP contribution in [0.4, 0.5) is 4.39 Å². The van der Waals surface area contributed by atoms with Crippen molar-refractivity contribution in [3.8, 4) is 6.07 Å². The van der Waals surface area contributed by atoms with Gasteiger partial charge in [-0.2, -0.15) is 5.26 Å². The van der Waals surface area contributed by atoms with E-state index in [-0.39, 0.29) is 6.61 Å². The molecule has 0 bridgehead atoms. The summed E-state index contributed by atoms with van der Waals surface area (Å²) >= 11 is 0. The molecule has 54 valence electrons. The van der Waals surface area contributed by atoms with E-state index in [2.05, 4.69) is 0 Å². The largest absolute Gasteiger partial charge is 0.378 e. The maximum absolute atomic E-state index is 12.7. The number of nitriles is 1. The van der Waals surface area contributed by atoms with E-state index in [0.717, 1.165) is 0 Å². The number of halogens is 1. The molecule has 0 aromatic rings. The van der Waals surface area contributed by atoms with Crippen LogP contribution in [0, 0.1) is 11.3 Å². The second-order valence-corrected chi connectivity index (χ2v) is 2.14. The monoisotopic (exact) mass is 141 g/mol. The van der Waals surface area contributed by atoms with Crippen molar-refractivity contribution in [2.45, 2.75) is 12.6 Å². The van der Waals surface area contributed by atoms with Crippen molar-refractivity contribution in [2.75, 3.05) is 13.2 Å². The molecule has 0 aromatic carbocycles. The highest BCUT2D eigenvalue weighted by Gasteiger charge is 2.17. The second kappa shape index (κ2) is 3.33. The molecule has 1 heterocycles. The Morgan fingerprint density at radius 3 is 3.20 bits per heavy atom. The van der Waals surface area contributed by atoms with Crippen molar-refractivity contribution in [1.82, 2.24) is 0 Å². The van der Waals surface area contributed by atoms with Crippen molar-refractivity contribution in [3.63, 3.8) is 0 Å². The lowest BCUT2D eigenvalue weighted by Crippen LogP contribution is -2.20. The van der Waals surface area contributed by atoms with Crippen LogP contribution in [0.3, 0.4) is 0 Å². The van der Waals surface area contributed by atoms with E-state index < -0.39 is 6.17 Å². The second-order valence-electron chi connectivity index (χ2n) is 2.14. The highest BCUT2D eigenvalue weighted by molar-refractivity contribution is 5.18. The Morgan fingerprint density at radius 1 is 1.80 bits per heavy atom. The van der Waals surface area contributed by atoms with Gasteiger partial charge in [0, 0.05) is 6.08 Å². The van der Waals surface area contributed by atoms with E-state index in [0.29, 0.717) is 18.6 Å². The Balaban J connectivity index is 2.58. The van der Waals surface area contributed by atoms with Crippen molar-refractivity contribution in [3.05, 3.63) is 11.6 Å². The fourth-order valence-corrected chi connectivity index (χ4v) is 0.886. The normalized spacial score (nSPS) is 30.0. The third-order valence-corrected chi connectivity index (χ3v) is 1.45. The van der Waals surface area contributed by atoms with Crippen molar-refractivity contribution < 1.29 is 9.13 Å². The van der Waals surface area contributed by atoms with Gasteiger partial charge in [-0.15, -0.1) is 0 Å². The van der Waals surface area contributed by atoms with Gasteiger partial charge in [0.25, 0.3) is 0 Å². The number of alkyl halides is 1. The molecule has 0 aliphatic carbocycles. The number of ether oxygens (including phenoxy) is 1. The van der Waals surface area contributed by atoms with Crippen LogP contribution in [0.2, 0.25) is 0 Å². The molecule has 0 N–H and O–H groups in total. The zero-order valence-electron chi connectivity index (χ0n) is 5.51. The quantitative estimate of drug-likeness (QED) is 0.475. The van der Waals surface area contributed by atoms with Gasteiger partial charge >= 0.3 is 0 Å². The first kappa shape index (κ1) is 7.23. The smallest absolute Gasteiger partial charge is 0.145 e.